The molecule has 2 aromatic heterocycles. The van der Waals surface area contributed by atoms with E-state index in [-0.39, 0.29) is 29.7 Å². The van der Waals surface area contributed by atoms with E-state index in [1.54, 1.807) is 12.3 Å². The van der Waals surface area contributed by atoms with Crippen LogP contribution in [-0.2, 0) is 11.2 Å². The number of hydrogen-bond acceptors (Lipinski definition) is 7. The first kappa shape index (κ1) is 20.0. The molecule has 2 atom stereocenters. The van der Waals surface area contributed by atoms with Gasteiger partial charge in [0.2, 0.25) is 5.95 Å². The standard InChI is InChI=1S/C20H27N5O3/c1-12(2)8-14-9-17(25-20(21)23-14)19(26)24-16-6-7-27-11-18(16)28-15-5-4-13(3)22-10-15/h4-5,9-10,12,16,18H,6-8,11H2,1-3H3,(H,24,26)(H2,21,23,25)/t16-,18+/m1/s1. The second kappa shape index (κ2) is 8.97. The van der Waals surface area contributed by atoms with E-state index in [0.29, 0.717) is 31.3 Å². The van der Waals surface area contributed by atoms with Crippen LogP contribution in [0.4, 0.5) is 5.95 Å². The fourth-order valence-corrected chi connectivity index (χ4v) is 3.09. The van der Waals surface area contributed by atoms with Crippen molar-refractivity contribution in [2.24, 2.45) is 5.92 Å². The third-order valence-corrected chi connectivity index (χ3v) is 4.44. The lowest BCUT2D eigenvalue weighted by Crippen LogP contribution is -2.51. The number of nitrogens with zero attached hydrogens (tertiary/aromatic N) is 3. The van der Waals surface area contributed by atoms with Crippen molar-refractivity contribution in [3.8, 4) is 5.75 Å². The molecule has 3 N–H and O–H groups in total. The van der Waals surface area contributed by atoms with Crippen molar-refractivity contribution < 1.29 is 14.3 Å². The van der Waals surface area contributed by atoms with Gasteiger partial charge in [-0.1, -0.05) is 13.8 Å². The number of nitrogens with two attached hydrogens (primary N) is 1. The number of aromatic nitrogens is 3. The summed E-state index contributed by atoms with van der Waals surface area (Å²) < 4.78 is 11.5. The average molecular weight is 385 g/mol. The highest BCUT2D eigenvalue weighted by Gasteiger charge is 2.30. The number of nitrogens with one attached hydrogen (secondary N) is 1. The molecule has 1 fully saturated rings. The molecule has 0 unspecified atom stereocenters. The van der Waals surface area contributed by atoms with Crippen LogP contribution in [0.1, 0.15) is 42.1 Å². The quantitative estimate of drug-likeness (QED) is 0.781. The lowest BCUT2D eigenvalue weighted by molar-refractivity contribution is -0.0137. The van der Waals surface area contributed by atoms with Crippen LogP contribution in [-0.4, -0.2) is 46.2 Å². The van der Waals surface area contributed by atoms with Gasteiger partial charge in [0.1, 0.15) is 17.5 Å². The van der Waals surface area contributed by atoms with Crippen molar-refractivity contribution >= 4 is 11.9 Å². The van der Waals surface area contributed by atoms with Crippen molar-refractivity contribution in [2.45, 2.75) is 45.8 Å². The minimum atomic E-state index is -0.309. The average Bonchev–Trinajstić information content (AvgIpc) is 2.64. The summed E-state index contributed by atoms with van der Waals surface area (Å²) in [5.74, 6) is 0.864. The van der Waals surface area contributed by atoms with Gasteiger partial charge in [-0.3, -0.25) is 9.78 Å². The van der Waals surface area contributed by atoms with Gasteiger partial charge in [0, 0.05) is 18.0 Å². The maximum absolute atomic E-state index is 12.8. The fraction of sp³-hybridized carbons (Fsp3) is 0.500. The third-order valence-electron chi connectivity index (χ3n) is 4.44. The van der Waals surface area contributed by atoms with E-state index in [1.807, 2.05) is 19.1 Å². The molecular weight excluding hydrogens is 358 g/mol. The Morgan fingerprint density at radius 3 is 2.93 bits per heavy atom. The van der Waals surface area contributed by atoms with E-state index in [4.69, 9.17) is 15.2 Å². The number of anilines is 1. The lowest BCUT2D eigenvalue weighted by atomic mass is 10.1. The minimum absolute atomic E-state index is 0.105. The molecular formula is C20H27N5O3. The molecule has 0 aliphatic carbocycles. The van der Waals surface area contributed by atoms with Crippen LogP contribution in [0.15, 0.2) is 24.4 Å². The second-order valence-electron chi connectivity index (χ2n) is 7.44. The molecule has 0 aromatic carbocycles. The number of hydrogen-bond donors (Lipinski definition) is 2. The molecule has 8 heteroatoms. The Morgan fingerprint density at radius 1 is 1.39 bits per heavy atom. The predicted molar refractivity (Wildman–Crippen MR) is 105 cm³/mol. The Hall–Kier alpha value is -2.74. The van der Waals surface area contributed by atoms with Crippen molar-refractivity contribution in [3.05, 3.63) is 41.5 Å². The highest BCUT2D eigenvalue weighted by molar-refractivity contribution is 5.92. The van der Waals surface area contributed by atoms with Crippen LogP contribution in [0.25, 0.3) is 0 Å². The van der Waals surface area contributed by atoms with Crippen LogP contribution in [0.2, 0.25) is 0 Å². The van der Waals surface area contributed by atoms with Gasteiger partial charge in [-0.25, -0.2) is 9.97 Å². The van der Waals surface area contributed by atoms with Gasteiger partial charge in [0.15, 0.2) is 0 Å². The number of rotatable bonds is 6. The number of pyridine rings is 1. The fourth-order valence-electron chi connectivity index (χ4n) is 3.09. The summed E-state index contributed by atoms with van der Waals surface area (Å²) >= 11 is 0. The van der Waals surface area contributed by atoms with Crippen molar-refractivity contribution in [1.29, 1.82) is 0 Å². The van der Waals surface area contributed by atoms with Crippen molar-refractivity contribution in [1.82, 2.24) is 20.3 Å². The maximum Gasteiger partial charge on any atom is 0.270 e. The van der Waals surface area contributed by atoms with E-state index in [0.717, 1.165) is 17.8 Å². The SMILES string of the molecule is Cc1ccc(O[C@H]2COCC[C@H]2NC(=O)c2cc(CC(C)C)nc(N)n2)cn1. The Bertz CT molecular complexity index is 810. The molecule has 0 spiro atoms. The molecule has 28 heavy (non-hydrogen) atoms. The van der Waals surface area contributed by atoms with Crippen LogP contribution in [0.3, 0.4) is 0 Å². The van der Waals surface area contributed by atoms with Crippen LogP contribution >= 0.6 is 0 Å². The Balaban J connectivity index is 1.70. The van der Waals surface area contributed by atoms with Gasteiger partial charge in [-0.15, -0.1) is 0 Å². The highest BCUT2D eigenvalue weighted by Crippen LogP contribution is 2.18. The molecule has 0 saturated carbocycles. The number of carbonyl (C=O) groups excluding carboxylic acids is 1. The van der Waals surface area contributed by atoms with Crippen LogP contribution < -0.4 is 15.8 Å². The van der Waals surface area contributed by atoms with Gasteiger partial charge in [0.05, 0.1) is 18.8 Å². The van der Waals surface area contributed by atoms with Gasteiger partial charge < -0.3 is 20.5 Å². The summed E-state index contributed by atoms with van der Waals surface area (Å²) in [7, 11) is 0. The van der Waals surface area contributed by atoms with E-state index >= 15 is 0 Å². The highest BCUT2D eigenvalue weighted by atomic mass is 16.5. The number of carbonyl (C=O) groups is 1. The number of aryl methyl sites for hydroxylation is 1. The normalized spacial score (nSPS) is 19.4. The summed E-state index contributed by atoms with van der Waals surface area (Å²) in [5.41, 5.74) is 7.74. The van der Waals surface area contributed by atoms with Gasteiger partial charge in [-0.05, 0) is 43.9 Å². The first-order valence-corrected chi connectivity index (χ1v) is 9.52. The summed E-state index contributed by atoms with van der Waals surface area (Å²) in [6.45, 7) is 7.03. The molecule has 1 aliphatic heterocycles. The molecule has 3 rings (SSSR count). The number of amides is 1. The first-order valence-electron chi connectivity index (χ1n) is 9.52. The summed E-state index contributed by atoms with van der Waals surface area (Å²) in [4.78, 5) is 25.3. The third kappa shape index (κ3) is 5.39. The zero-order chi connectivity index (χ0) is 20.1. The predicted octanol–water partition coefficient (Wildman–Crippen LogP) is 1.93. The molecule has 8 nitrogen and oxygen atoms in total. The Kier molecular flexibility index (Phi) is 6.41. The number of ether oxygens (including phenoxy) is 2. The second-order valence-corrected chi connectivity index (χ2v) is 7.44. The van der Waals surface area contributed by atoms with Gasteiger partial charge in [0.25, 0.3) is 5.91 Å². The van der Waals surface area contributed by atoms with E-state index in [2.05, 4.69) is 34.1 Å². The summed E-state index contributed by atoms with van der Waals surface area (Å²) in [5, 5.41) is 3.01. The zero-order valence-electron chi connectivity index (χ0n) is 16.5. The Morgan fingerprint density at radius 2 is 2.21 bits per heavy atom. The first-order chi connectivity index (χ1) is 13.4. The van der Waals surface area contributed by atoms with Crippen molar-refractivity contribution in [3.63, 3.8) is 0 Å². The largest absolute Gasteiger partial charge is 0.484 e. The Labute approximate surface area is 164 Å². The molecule has 1 saturated heterocycles. The minimum Gasteiger partial charge on any atom is -0.484 e. The lowest BCUT2D eigenvalue weighted by Gasteiger charge is -2.32. The maximum atomic E-state index is 12.8. The van der Waals surface area contributed by atoms with E-state index in [1.165, 1.54) is 0 Å². The van der Waals surface area contributed by atoms with Gasteiger partial charge in [-0.2, -0.15) is 0 Å². The van der Waals surface area contributed by atoms with Crippen LogP contribution in [0, 0.1) is 12.8 Å². The molecule has 3 heterocycles. The van der Waals surface area contributed by atoms with Crippen molar-refractivity contribution in [2.75, 3.05) is 18.9 Å². The summed E-state index contributed by atoms with van der Waals surface area (Å²) in [6, 6.07) is 5.24. The molecule has 2 aromatic rings. The topological polar surface area (TPSA) is 112 Å². The zero-order valence-corrected chi connectivity index (χ0v) is 16.5. The molecule has 0 bridgehead atoms. The monoisotopic (exact) mass is 385 g/mol. The van der Waals surface area contributed by atoms with Crippen LogP contribution in [0.5, 0.6) is 5.75 Å². The molecule has 150 valence electrons. The summed E-state index contributed by atoms with van der Waals surface area (Å²) in [6.07, 6.45) is 2.74. The van der Waals surface area contributed by atoms with E-state index < -0.39 is 0 Å². The molecule has 1 amide bonds. The molecule has 0 radical (unpaired) electrons. The smallest absolute Gasteiger partial charge is 0.270 e. The molecule has 1 aliphatic rings. The number of nitrogen functional groups attached to an aromatic ring is 1. The van der Waals surface area contributed by atoms with Gasteiger partial charge >= 0.3 is 0 Å². The van der Waals surface area contributed by atoms with E-state index in [9.17, 15) is 4.79 Å².